The molecule has 3 aliphatic rings. The monoisotopic (exact) mass is 620 g/mol. The number of likely N-dealkylation sites (tertiary alicyclic amines) is 1. The van der Waals surface area contributed by atoms with Crippen molar-refractivity contribution in [3.8, 4) is 29.0 Å². The van der Waals surface area contributed by atoms with Crippen molar-refractivity contribution in [1.29, 1.82) is 5.26 Å². The Bertz CT molecular complexity index is 1990. The highest BCUT2D eigenvalue weighted by molar-refractivity contribution is 5.77. The Balaban J connectivity index is 0.997. The summed E-state index contributed by atoms with van der Waals surface area (Å²) in [4.78, 5) is 16.7. The Labute approximate surface area is 265 Å². The van der Waals surface area contributed by atoms with Gasteiger partial charge in [-0.15, -0.1) is 0 Å². The van der Waals surface area contributed by atoms with Gasteiger partial charge in [0.2, 0.25) is 0 Å². The normalized spacial score (nSPS) is 21.4. The average Bonchev–Trinajstić information content (AvgIpc) is 3.73. The van der Waals surface area contributed by atoms with Crippen LogP contribution >= 0.6 is 0 Å². The van der Waals surface area contributed by atoms with Crippen LogP contribution < -0.4 is 9.47 Å². The van der Waals surface area contributed by atoms with Crippen LogP contribution in [0, 0.1) is 24.1 Å². The lowest BCUT2D eigenvalue weighted by Crippen LogP contribution is -2.35. The predicted octanol–water partition coefficient (Wildman–Crippen LogP) is 5.35. The molecule has 2 fully saturated rings. The number of benzene rings is 2. The topological polar surface area (TPSA) is 127 Å². The van der Waals surface area contributed by atoms with Crippen LogP contribution in [0.3, 0.4) is 0 Å². The van der Waals surface area contributed by atoms with Gasteiger partial charge in [-0.3, -0.25) is 10.00 Å². The Morgan fingerprint density at radius 3 is 2.67 bits per heavy atom. The van der Waals surface area contributed by atoms with E-state index in [0.717, 1.165) is 79.4 Å². The number of pyridine rings is 1. The SMILES string of the molecule is Cc1nc(-c2cnc3c(c2)nc(CN2CCC(c4cccc5c4OC(C)(c4ccc(C#N)cc4F)O5)CC2)n3CC2CCO2)n[nH]1. The Morgan fingerprint density at radius 1 is 1.11 bits per heavy atom. The summed E-state index contributed by atoms with van der Waals surface area (Å²) < 4.78 is 35.6. The maximum atomic E-state index is 15.0. The molecule has 234 valence electrons. The first kappa shape index (κ1) is 28.6. The minimum atomic E-state index is -1.32. The lowest BCUT2D eigenvalue weighted by molar-refractivity contribution is -0.0712. The van der Waals surface area contributed by atoms with Crippen LogP contribution in [0.1, 0.15) is 60.4 Å². The molecule has 8 rings (SSSR count). The first-order valence-corrected chi connectivity index (χ1v) is 15.7. The van der Waals surface area contributed by atoms with E-state index in [4.69, 9.17) is 29.4 Å². The summed E-state index contributed by atoms with van der Waals surface area (Å²) in [6, 6.07) is 14.3. The molecule has 0 amide bonds. The minimum absolute atomic E-state index is 0.171. The molecule has 0 spiro atoms. The fraction of sp³-hybridized carbons (Fsp3) is 0.382. The molecule has 3 aromatic heterocycles. The number of para-hydroxylation sites is 1. The van der Waals surface area contributed by atoms with Gasteiger partial charge in [0, 0.05) is 30.9 Å². The average molecular weight is 621 g/mol. The summed E-state index contributed by atoms with van der Waals surface area (Å²) >= 11 is 0. The number of hydrogen-bond acceptors (Lipinski definition) is 9. The number of H-pyrrole nitrogens is 1. The molecule has 3 aliphatic heterocycles. The standard InChI is InChI=1S/C34H33FN8O3/c1-20-38-32(41-40-20)23-15-28-33(37-17-23)43(18-24-10-13-44-24)30(39-28)19-42-11-8-22(9-12-42)25-4-3-5-29-31(25)46-34(2,45-29)26-7-6-21(16-36)14-27(26)35/h3-7,14-15,17,22,24H,8-13,18-19H2,1-2H3,(H,38,40,41). The molecule has 2 aromatic carbocycles. The largest absolute Gasteiger partial charge is 0.444 e. The number of nitrogens with one attached hydrogen (secondary N) is 1. The quantitative estimate of drug-likeness (QED) is 0.256. The second-order valence-electron chi connectivity index (χ2n) is 12.4. The van der Waals surface area contributed by atoms with Crippen molar-refractivity contribution in [3.05, 3.63) is 82.8 Å². The summed E-state index contributed by atoms with van der Waals surface area (Å²) in [6.45, 7) is 7.58. The number of imidazole rings is 1. The van der Waals surface area contributed by atoms with Gasteiger partial charge in [0.05, 0.1) is 36.4 Å². The van der Waals surface area contributed by atoms with Crippen molar-refractivity contribution in [2.45, 2.75) is 64.0 Å². The number of halogens is 1. The Morgan fingerprint density at radius 2 is 1.96 bits per heavy atom. The van der Waals surface area contributed by atoms with Gasteiger partial charge >= 0.3 is 0 Å². The zero-order chi connectivity index (χ0) is 31.4. The molecule has 5 aromatic rings. The Kier molecular flexibility index (Phi) is 6.96. The maximum Gasteiger partial charge on any atom is 0.278 e. The summed E-state index contributed by atoms with van der Waals surface area (Å²) in [5.74, 6) is 2.01. The van der Waals surface area contributed by atoms with Crippen molar-refractivity contribution in [2.24, 2.45) is 0 Å². The van der Waals surface area contributed by atoms with E-state index in [1.807, 2.05) is 37.4 Å². The molecule has 0 radical (unpaired) electrons. The number of aryl methyl sites for hydroxylation is 1. The van der Waals surface area contributed by atoms with Crippen molar-refractivity contribution in [1.82, 2.24) is 34.6 Å². The van der Waals surface area contributed by atoms with Gasteiger partial charge < -0.3 is 18.8 Å². The van der Waals surface area contributed by atoms with Crippen LogP contribution in [0.15, 0.2) is 48.7 Å². The third-order valence-electron chi connectivity index (χ3n) is 9.29. The number of ether oxygens (including phenoxy) is 3. The highest BCUT2D eigenvalue weighted by atomic mass is 19.1. The van der Waals surface area contributed by atoms with Gasteiger partial charge in [-0.2, -0.15) is 10.4 Å². The van der Waals surface area contributed by atoms with E-state index < -0.39 is 11.6 Å². The number of aromatic nitrogens is 6. The predicted molar refractivity (Wildman–Crippen MR) is 165 cm³/mol. The molecule has 11 nitrogen and oxygen atoms in total. The molecule has 2 atom stereocenters. The molecule has 46 heavy (non-hydrogen) atoms. The van der Waals surface area contributed by atoms with E-state index >= 15 is 0 Å². The number of piperidine rings is 1. The molecular weight excluding hydrogens is 587 g/mol. The number of nitriles is 1. The van der Waals surface area contributed by atoms with Crippen LogP contribution in [0.5, 0.6) is 11.5 Å². The van der Waals surface area contributed by atoms with Gasteiger partial charge in [0.1, 0.15) is 23.0 Å². The summed E-state index contributed by atoms with van der Waals surface area (Å²) in [7, 11) is 0. The minimum Gasteiger partial charge on any atom is -0.444 e. The van der Waals surface area contributed by atoms with Gasteiger partial charge in [-0.1, -0.05) is 12.1 Å². The first-order valence-electron chi connectivity index (χ1n) is 15.7. The number of hydrogen-bond donors (Lipinski definition) is 1. The second-order valence-corrected chi connectivity index (χ2v) is 12.4. The molecule has 0 aliphatic carbocycles. The zero-order valence-electron chi connectivity index (χ0n) is 25.7. The molecule has 0 bridgehead atoms. The lowest BCUT2D eigenvalue weighted by atomic mass is 9.88. The van der Waals surface area contributed by atoms with Crippen molar-refractivity contribution in [2.75, 3.05) is 19.7 Å². The second kappa shape index (κ2) is 11.2. The number of rotatable bonds is 7. The van der Waals surface area contributed by atoms with Gasteiger partial charge in [-0.05, 0) is 75.5 Å². The third kappa shape index (κ3) is 5.05. The number of aromatic amines is 1. The van der Waals surface area contributed by atoms with Gasteiger partial charge in [0.15, 0.2) is 23.0 Å². The molecule has 1 N–H and O–H groups in total. The van der Waals surface area contributed by atoms with E-state index in [-0.39, 0.29) is 23.1 Å². The van der Waals surface area contributed by atoms with Crippen molar-refractivity contribution < 1.29 is 18.6 Å². The number of fused-ring (bicyclic) bond motifs is 2. The molecule has 6 heterocycles. The van der Waals surface area contributed by atoms with Gasteiger partial charge in [0.25, 0.3) is 5.79 Å². The fourth-order valence-corrected chi connectivity index (χ4v) is 6.73. The maximum absolute atomic E-state index is 15.0. The van der Waals surface area contributed by atoms with Crippen LogP contribution in [0.2, 0.25) is 0 Å². The summed E-state index contributed by atoms with van der Waals surface area (Å²) in [6.07, 6.45) is 4.87. The van der Waals surface area contributed by atoms with Crippen molar-refractivity contribution >= 4 is 11.2 Å². The third-order valence-corrected chi connectivity index (χ3v) is 9.29. The Hall–Kier alpha value is -4.86. The van der Waals surface area contributed by atoms with E-state index in [0.29, 0.717) is 23.9 Å². The highest BCUT2D eigenvalue weighted by Gasteiger charge is 2.43. The van der Waals surface area contributed by atoms with Crippen LogP contribution in [-0.4, -0.2) is 60.4 Å². The van der Waals surface area contributed by atoms with Crippen LogP contribution in [-0.2, 0) is 23.6 Å². The van der Waals surface area contributed by atoms with E-state index in [2.05, 4.69) is 30.7 Å². The zero-order valence-corrected chi connectivity index (χ0v) is 25.7. The number of nitrogens with zero attached hydrogens (tertiary/aromatic N) is 7. The summed E-state index contributed by atoms with van der Waals surface area (Å²) in [5.41, 5.74) is 4.08. The van der Waals surface area contributed by atoms with Crippen molar-refractivity contribution in [3.63, 3.8) is 0 Å². The molecule has 12 heteroatoms. The molecular formula is C34H33FN8O3. The van der Waals surface area contributed by atoms with Crippen LogP contribution in [0.4, 0.5) is 4.39 Å². The van der Waals surface area contributed by atoms with E-state index in [1.54, 1.807) is 19.1 Å². The first-order chi connectivity index (χ1) is 22.4. The fourth-order valence-electron chi connectivity index (χ4n) is 6.73. The highest BCUT2D eigenvalue weighted by Crippen LogP contribution is 2.49. The van der Waals surface area contributed by atoms with E-state index in [9.17, 15) is 4.39 Å². The molecule has 2 saturated heterocycles. The molecule has 2 unspecified atom stereocenters. The summed E-state index contributed by atoms with van der Waals surface area (Å²) in [5, 5.41) is 16.3. The smallest absolute Gasteiger partial charge is 0.278 e. The van der Waals surface area contributed by atoms with Gasteiger partial charge in [-0.25, -0.2) is 19.3 Å². The van der Waals surface area contributed by atoms with E-state index in [1.165, 1.54) is 6.07 Å². The lowest BCUT2D eigenvalue weighted by Gasteiger charge is -2.33. The molecule has 0 saturated carbocycles. The van der Waals surface area contributed by atoms with Crippen LogP contribution in [0.25, 0.3) is 22.6 Å².